The maximum atomic E-state index is 12.7. The van der Waals surface area contributed by atoms with Gasteiger partial charge >= 0.3 is 0 Å². The van der Waals surface area contributed by atoms with Gasteiger partial charge in [0.1, 0.15) is 5.54 Å². The molecule has 1 N–H and O–H groups in total. The van der Waals surface area contributed by atoms with E-state index in [2.05, 4.69) is 29.3 Å². The predicted molar refractivity (Wildman–Crippen MR) is 123 cm³/mol. The van der Waals surface area contributed by atoms with Crippen molar-refractivity contribution in [3.8, 4) is 0 Å². The minimum atomic E-state index is -0.577. The van der Waals surface area contributed by atoms with Crippen LogP contribution in [0.2, 0.25) is 0 Å². The van der Waals surface area contributed by atoms with E-state index in [1.807, 2.05) is 9.80 Å². The summed E-state index contributed by atoms with van der Waals surface area (Å²) < 4.78 is 5.46. The van der Waals surface area contributed by atoms with Gasteiger partial charge in [0.2, 0.25) is 23.6 Å². The molecule has 0 spiro atoms. The second-order valence-corrected chi connectivity index (χ2v) is 9.88. The lowest BCUT2D eigenvalue weighted by atomic mass is 9.89. The summed E-state index contributed by atoms with van der Waals surface area (Å²) in [5.41, 5.74) is -0.577. The van der Waals surface area contributed by atoms with Crippen LogP contribution >= 0.6 is 0 Å². The molecule has 1 saturated heterocycles. The number of amides is 3. The molecule has 3 rings (SSSR count). The zero-order valence-electron chi connectivity index (χ0n) is 20.4. The fourth-order valence-electron chi connectivity index (χ4n) is 4.77. The predicted octanol–water partition coefficient (Wildman–Crippen LogP) is 2.79. The Hall–Kier alpha value is -2.45. The first-order valence-electron chi connectivity index (χ1n) is 12.5. The van der Waals surface area contributed by atoms with Gasteiger partial charge in [-0.3, -0.25) is 14.4 Å². The lowest BCUT2D eigenvalue weighted by molar-refractivity contribution is -0.139. The van der Waals surface area contributed by atoms with Crippen LogP contribution in [0, 0.1) is 5.92 Å². The number of hydrogen-bond acceptors (Lipinski definition) is 6. The summed E-state index contributed by atoms with van der Waals surface area (Å²) in [6.45, 7) is 8.06. The van der Waals surface area contributed by atoms with Crippen molar-refractivity contribution in [3.63, 3.8) is 0 Å². The molecular weight excluding hydrogens is 422 g/mol. The van der Waals surface area contributed by atoms with E-state index in [-0.39, 0.29) is 24.1 Å². The molecular formula is C24H39N5O4. The van der Waals surface area contributed by atoms with Crippen LogP contribution in [0.4, 0.5) is 0 Å². The molecule has 1 aliphatic heterocycles. The van der Waals surface area contributed by atoms with Crippen molar-refractivity contribution in [2.45, 2.75) is 90.5 Å². The Labute approximate surface area is 196 Å². The molecule has 2 heterocycles. The van der Waals surface area contributed by atoms with Crippen LogP contribution in [0.5, 0.6) is 0 Å². The van der Waals surface area contributed by atoms with E-state index < -0.39 is 5.54 Å². The Morgan fingerprint density at radius 1 is 0.970 bits per heavy atom. The number of carbonyl (C=O) groups is 3. The molecule has 3 amide bonds. The van der Waals surface area contributed by atoms with Crippen LogP contribution in [0.3, 0.4) is 0 Å². The van der Waals surface area contributed by atoms with Gasteiger partial charge < -0.3 is 19.6 Å². The Kier molecular flexibility index (Phi) is 8.86. The van der Waals surface area contributed by atoms with Crippen molar-refractivity contribution in [3.05, 3.63) is 11.7 Å². The van der Waals surface area contributed by atoms with Gasteiger partial charge in [0, 0.05) is 52.4 Å². The first-order chi connectivity index (χ1) is 15.8. The summed E-state index contributed by atoms with van der Waals surface area (Å²) >= 11 is 0. The number of aromatic nitrogens is 2. The molecule has 1 saturated carbocycles. The standard InChI is InChI=1S/C24H39N5O4/c1-18(2)8-10-21(31)28-14-16-29(17-15-28)22(32)11-9-20-25-23(27-33-20)24(26-19(3)30)12-6-4-5-7-13-24/h18H,4-17H2,1-3H3,(H,26,30). The molecule has 0 bridgehead atoms. The molecule has 0 radical (unpaired) electrons. The van der Waals surface area contributed by atoms with Crippen molar-refractivity contribution in [1.82, 2.24) is 25.3 Å². The first-order valence-corrected chi connectivity index (χ1v) is 12.5. The maximum Gasteiger partial charge on any atom is 0.227 e. The second-order valence-electron chi connectivity index (χ2n) is 9.88. The highest BCUT2D eigenvalue weighted by Gasteiger charge is 2.38. The van der Waals surface area contributed by atoms with Crippen LogP contribution in [0.1, 0.15) is 90.3 Å². The Morgan fingerprint density at radius 2 is 1.55 bits per heavy atom. The molecule has 1 aliphatic carbocycles. The van der Waals surface area contributed by atoms with E-state index in [0.29, 0.717) is 56.7 Å². The van der Waals surface area contributed by atoms with Gasteiger partial charge in [-0.25, -0.2) is 0 Å². The van der Waals surface area contributed by atoms with E-state index >= 15 is 0 Å². The molecule has 0 atom stereocenters. The van der Waals surface area contributed by atoms with Crippen LogP contribution in [-0.2, 0) is 26.3 Å². The molecule has 2 aliphatic rings. The second kappa shape index (κ2) is 11.6. The van der Waals surface area contributed by atoms with E-state index in [0.717, 1.165) is 44.9 Å². The number of nitrogens with zero attached hydrogens (tertiary/aromatic N) is 4. The van der Waals surface area contributed by atoms with Gasteiger partial charge in [-0.2, -0.15) is 4.98 Å². The van der Waals surface area contributed by atoms with Crippen LogP contribution < -0.4 is 5.32 Å². The lowest BCUT2D eigenvalue weighted by Crippen LogP contribution is -2.50. The fraction of sp³-hybridized carbons (Fsp3) is 0.792. The normalized spacial score (nSPS) is 18.8. The molecule has 0 unspecified atom stereocenters. The highest BCUT2D eigenvalue weighted by atomic mass is 16.5. The highest BCUT2D eigenvalue weighted by Crippen LogP contribution is 2.34. The highest BCUT2D eigenvalue weighted by molar-refractivity contribution is 5.78. The zero-order valence-corrected chi connectivity index (χ0v) is 20.4. The van der Waals surface area contributed by atoms with E-state index in [4.69, 9.17) is 4.52 Å². The largest absolute Gasteiger partial charge is 0.343 e. The molecule has 2 fully saturated rings. The summed E-state index contributed by atoms with van der Waals surface area (Å²) in [6, 6.07) is 0. The third-order valence-electron chi connectivity index (χ3n) is 6.74. The van der Waals surface area contributed by atoms with Gasteiger partial charge in [0.15, 0.2) is 5.82 Å². The number of hydrogen-bond donors (Lipinski definition) is 1. The summed E-state index contributed by atoms with van der Waals surface area (Å²) in [5.74, 6) is 1.58. The van der Waals surface area contributed by atoms with Gasteiger partial charge in [-0.1, -0.05) is 44.7 Å². The third-order valence-corrected chi connectivity index (χ3v) is 6.74. The number of nitrogens with one attached hydrogen (secondary N) is 1. The smallest absolute Gasteiger partial charge is 0.227 e. The van der Waals surface area contributed by atoms with Crippen molar-refractivity contribution in [1.29, 1.82) is 0 Å². The third kappa shape index (κ3) is 7.01. The average Bonchev–Trinajstić information content (AvgIpc) is 3.15. The van der Waals surface area contributed by atoms with E-state index in [1.165, 1.54) is 6.92 Å². The van der Waals surface area contributed by atoms with Crippen molar-refractivity contribution in [2.24, 2.45) is 5.92 Å². The van der Waals surface area contributed by atoms with Gasteiger partial charge in [-0.05, 0) is 25.2 Å². The number of rotatable bonds is 8. The monoisotopic (exact) mass is 461 g/mol. The van der Waals surface area contributed by atoms with Crippen LogP contribution in [0.15, 0.2) is 4.52 Å². The van der Waals surface area contributed by atoms with E-state index in [9.17, 15) is 14.4 Å². The zero-order chi connectivity index (χ0) is 23.8. The van der Waals surface area contributed by atoms with Crippen molar-refractivity contribution in [2.75, 3.05) is 26.2 Å². The summed E-state index contributed by atoms with van der Waals surface area (Å²) in [6.07, 6.45) is 8.01. The summed E-state index contributed by atoms with van der Waals surface area (Å²) in [5, 5.41) is 7.26. The van der Waals surface area contributed by atoms with Gasteiger partial charge in [0.05, 0.1) is 0 Å². The Balaban J connectivity index is 1.50. The molecule has 9 heteroatoms. The first kappa shape index (κ1) is 25.2. The maximum absolute atomic E-state index is 12.7. The number of aryl methyl sites for hydroxylation is 1. The SMILES string of the molecule is CC(=O)NC1(c2noc(CCC(=O)N3CCN(C(=O)CCC(C)C)CC3)n2)CCCCCC1. The van der Waals surface area contributed by atoms with Gasteiger partial charge in [-0.15, -0.1) is 0 Å². The minimum absolute atomic E-state index is 0.0371. The molecule has 1 aromatic rings. The molecule has 184 valence electrons. The molecule has 0 aromatic carbocycles. The Morgan fingerprint density at radius 3 is 2.09 bits per heavy atom. The summed E-state index contributed by atoms with van der Waals surface area (Å²) in [7, 11) is 0. The number of piperazine rings is 1. The molecule has 1 aromatic heterocycles. The number of carbonyl (C=O) groups excluding carboxylic acids is 3. The fourth-order valence-corrected chi connectivity index (χ4v) is 4.77. The minimum Gasteiger partial charge on any atom is -0.343 e. The van der Waals surface area contributed by atoms with Crippen molar-refractivity contribution >= 4 is 17.7 Å². The molecule has 33 heavy (non-hydrogen) atoms. The van der Waals surface area contributed by atoms with Crippen molar-refractivity contribution < 1.29 is 18.9 Å². The summed E-state index contributed by atoms with van der Waals surface area (Å²) in [4.78, 5) is 45.1. The van der Waals surface area contributed by atoms with Crippen LogP contribution in [0.25, 0.3) is 0 Å². The average molecular weight is 462 g/mol. The lowest BCUT2D eigenvalue weighted by Gasteiger charge is -2.35. The Bertz CT molecular complexity index is 806. The molecule has 9 nitrogen and oxygen atoms in total. The quantitative estimate of drug-likeness (QED) is 0.596. The van der Waals surface area contributed by atoms with Crippen LogP contribution in [-0.4, -0.2) is 63.8 Å². The van der Waals surface area contributed by atoms with Gasteiger partial charge in [0.25, 0.3) is 0 Å². The van der Waals surface area contributed by atoms with E-state index in [1.54, 1.807) is 0 Å². The topological polar surface area (TPSA) is 109 Å².